The van der Waals surface area contributed by atoms with Crippen molar-refractivity contribution in [2.45, 2.75) is 6.04 Å². The van der Waals surface area contributed by atoms with E-state index < -0.39 is 0 Å². The van der Waals surface area contributed by atoms with Gasteiger partial charge in [0.1, 0.15) is 11.6 Å². The van der Waals surface area contributed by atoms with Crippen molar-refractivity contribution in [3.05, 3.63) is 24.1 Å². The van der Waals surface area contributed by atoms with Gasteiger partial charge in [0.2, 0.25) is 0 Å². The Hall–Kier alpha value is -1.20. The maximum absolute atomic E-state index is 12.7. The Balaban J connectivity index is 2.16. The molecule has 1 aliphatic rings. The van der Waals surface area contributed by atoms with E-state index in [1.165, 1.54) is 12.3 Å². The van der Waals surface area contributed by atoms with Gasteiger partial charge in [-0.3, -0.25) is 0 Å². The van der Waals surface area contributed by atoms with Gasteiger partial charge in [-0.15, -0.1) is 0 Å². The lowest BCUT2D eigenvalue weighted by atomic mass is 10.2. The van der Waals surface area contributed by atoms with Crippen molar-refractivity contribution in [3.63, 3.8) is 0 Å². The van der Waals surface area contributed by atoms with E-state index in [2.05, 4.69) is 9.88 Å². The molecule has 0 amide bonds. The summed E-state index contributed by atoms with van der Waals surface area (Å²) in [5.74, 6) is 0.437. The van der Waals surface area contributed by atoms with E-state index in [1.807, 2.05) is 0 Å². The summed E-state index contributed by atoms with van der Waals surface area (Å²) in [5.41, 5.74) is 5.64. The first-order valence-corrected chi connectivity index (χ1v) is 4.97. The summed E-state index contributed by atoms with van der Waals surface area (Å²) >= 11 is 0. The highest BCUT2D eigenvalue weighted by molar-refractivity contribution is 5.40. The number of nitrogens with zero attached hydrogens (tertiary/aromatic N) is 2. The topological polar surface area (TPSA) is 51.4 Å². The molecule has 1 aliphatic heterocycles. The summed E-state index contributed by atoms with van der Waals surface area (Å²) in [6, 6.07) is 3.21. The number of morpholine rings is 1. The first kappa shape index (κ1) is 10.3. The Bertz CT molecular complexity index is 317. The van der Waals surface area contributed by atoms with Crippen molar-refractivity contribution in [3.8, 4) is 0 Å². The summed E-state index contributed by atoms with van der Waals surface area (Å²) in [5, 5.41) is 0. The molecular formula is C10H14FN3O. The van der Waals surface area contributed by atoms with Crippen molar-refractivity contribution >= 4 is 5.82 Å². The van der Waals surface area contributed by atoms with E-state index in [1.54, 1.807) is 6.07 Å². The first-order valence-electron chi connectivity index (χ1n) is 4.97. The molecule has 2 heterocycles. The number of rotatable bonds is 2. The third-order valence-electron chi connectivity index (χ3n) is 2.51. The van der Waals surface area contributed by atoms with E-state index in [0.29, 0.717) is 19.8 Å². The molecular weight excluding hydrogens is 197 g/mol. The van der Waals surface area contributed by atoms with Crippen LogP contribution < -0.4 is 10.6 Å². The Morgan fingerprint density at radius 3 is 3.13 bits per heavy atom. The molecule has 15 heavy (non-hydrogen) atoms. The van der Waals surface area contributed by atoms with Crippen LogP contribution in [0.3, 0.4) is 0 Å². The average Bonchev–Trinajstić information content (AvgIpc) is 2.30. The van der Waals surface area contributed by atoms with Crippen LogP contribution in [0.4, 0.5) is 10.2 Å². The molecule has 0 radical (unpaired) electrons. The number of hydrogen-bond donors (Lipinski definition) is 1. The first-order chi connectivity index (χ1) is 7.31. The lowest BCUT2D eigenvalue weighted by Gasteiger charge is -2.35. The Morgan fingerprint density at radius 1 is 1.60 bits per heavy atom. The zero-order chi connectivity index (χ0) is 10.7. The summed E-state index contributed by atoms with van der Waals surface area (Å²) in [4.78, 5) is 6.10. The van der Waals surface area contributed by atoms with Crippen LogP contribution >= 0.6 is 0 Å². The van der Waals surface area contributed by atoms with Crippen LogP contribution in [0, 0.1) is 5.82 Å². The van der Waals surface area contributed by atoms with Crippen molar-refractivity contribution in [2.75, 3.05) is 31.2 Å². The monoisotopic (exact) mass is 211 g/mol. The third-order valence-corrected chi connectivity index (χ3v) is 2.51. The van der Waals surface area contributed by atoms with Gasteiger partial charge in [-0.2, -0.15) is 0 Å². The smallest absolute Gasteiger partial charge is 0.141 e. The number of halogens is 1. The normalized spacial score (nSPS) is 21.7. The van der Waals surface area contributed by atoms with Gasteiger partial charge in [0.05, 0.1) is 25.5 Å². The minimum atomic E-state index is -0.323. The number of pyridine rings is 1. The average molecular weight is 211 g/mol. The number of nitrogens with two attached hydrogens (primary N) is 1. The minimum Gasteiger partial charge on any atom is -0.377 e. The molecule has 4 nitrogen and oxygen atoms in total. The predicted molar refractivity (Wildman–Crippen MR) is 55.2 cm³/mol. The summed E-state index contributed by atoms with van der Waals surface area (Å²) < 4.78 is 18.0. The molecule has 1 saturated heterocycles. The quantitative estimate of drug-likeness (QED) is 0.768. The molecule has 1 aromatic rings. The summed E-state index contributed by atoms with van der Waals surface area (Å²) in [6.07, 6.45) is 1.22. The van der Waals surface area contributed by atoms with Crippen molar-refractivity contribution in [1.82, 2.24) is 4.98 Å². The lowest BCUT2D eigenvalue weighted by molar-refractivity contribution is 0.0958. The van der Waals surface area contributed by atoms with E-state index in [0.717, 1.165) is 12.4 Å². The molecule has 0 aromatic carbocycles. The fraction of sp³-hybridized carbons (Fsp3) is 0.500. The van der Waals surface area contributed by atoms with Gasteiger partial charge in [0, 0.05) is 13.1 Å². The van der Waals surface area contributed by atoms with Gasteiger partial charge in [-0.25, -0.2) is 9.37 Å². The lowest BCUT2D eigenvalue weighted by Crippen LogP contribution is -2.49. The second-order valence-corrected chi connectivity index (χ2v) is 3.49. The molecule has 1 atom stereocenters. The highest BCUT2D eigenvalue weighted by Crippen LogP contribution is 2.16. The van der Waals surface area contributed by atoms with Crippen LogP contribution in [0.2, 0.25) is 0 Å². The number of aromatic nitrogens is 1. The van der Waals surface area contributed by atoms with Crippen LogP contribution in [-0.4, -0.2) is 37.3 Å². The number of hydrogen-bond acceptors (Lipinski definition) is 4. The van der Waals surface area contributed by atoms with Gasteiger partial charge in [0.25, 0.3) is 0 Å². The molecule has 2 N–H and O–H groups in total. The predicted octanol–water partition coefficient (Wildman–Crippen LogP) is 0.385. The summed E-state index contributed by atoms with van der Waals surface area (Å²) in [6.45, 7) is 2.53. The molecule has 0 bridgehead atoms. The van der Waals surface area contributed by atoms with E-state index in [4.69, 9.17) is 10.5 Å². The van der Waals surface area contributed by atoms with Gasteiger partial charge in [-0.1, -0.05) is 0 Å². The van der Waals surface area contributed by atoms with Crippen LogP contribution in [0.1, 0.15) is 0 Å². The van der Waals surface area contributed by atoms with Crippen LogP contribution in [0.5, 0.6) is 0 Å². The molecule has 82 valence electrons. The molecule has 2 rings (SSSR count). The molecule has 0 saturated carbocycles. The Kier molecular flexibility index (Phi) is 3.13. The van der Waals surface area contributed by atoms with E-state index in [9.17, 15) is 4.39 Å². The minimum absolute atomic E-state index is 0.136. The van der Waals surface area contributed by atoms with Crippen molar-refractivity contribution in [2.24, 2.45) is 5.73 Å². The maximum atomic E-state index is 12.7. The second kappa shape index (κ2) is 4.55. The molecule has 0 spiro atoms. The zero-order valence-electron chi connectivity index (χ0n) is 8.40. The van der Waals surface area contributed by atoms with Crippen molar-refractivity contribution < 1.29 is 9.13 Å². The maximum Gasteiger partial charge on any atom is 0.141 e. The SMILES string of the molecule is NCC1COCCN1c1ccc(F)cn1. The third kappa shape index (κ3) is 2.24. The van der Waals surface area contributed by atoms with Gasteiger partial charge in [0.15, 0.2) is 0 Å². The zero-order valence-corrected chi connectivity index (χ0v) is 8.40. The molecule has 1 fully saturated rings. The highest BCUT2D eigenvalue weighted by atomic mass is 19.1. The largest absolute Gasteiger partial charge is 0.377 e. The second-order valence-electron chi connectivity index (χ2n) is 3.49. The Labute approximate surface area is 87.8 Å². The standard InChI is InChI=1S/C10H14FN3O/c11-8-1-2-10(13-6-8)14-3-4-15-7-9(14)5-12/h1-2,6,9H,3-5,7,12H2. The van der Waals surface area contributed by atoms with Crippen LogP contribution in [0.15, 0.2) is 18.3 Å². The fourth-order valence-corrected chi connectivity index (χ4v) is 1.69. The van der Waals surface area contributed by atoms with Gasteiger partial charge < -0.3 is 15.4 Å². The van der Waals surface area contributed by atoms with Crippen molar-refractivity contribution in [1.29, 1.82) is 0 Å². The molecule has 0 aliphatic carbocycles. The molecule has 1 aromatic heterocycles. The fourth-order valence-electron chi connectivity index (χ4n) is 1.69. The van der Waals surface area contributed by atoms with Crippen LogP contribution in [-0.2, 0) is 4.74 Å². The highest BCUT2D eigenvalue weighted by Gasteiger charge is 2.22. The van der Waals surface area contributed by atoms with Crippen LogP contribution in [0.25, 0.3) is 0 Å². The van der Waals surface area contributed by atoms with E-state index >= 15 is 0 Å². The van der Waals surface area contributed by atoms with Gasteiger partial charge >= 0.3 is 0 Å². The Morgan fingerprint density at radius 2 is 2.47 bits per heavy atom. The number of ether oxygens (including phenoxy) is 1. The van der Waals surface area contributed by atoms with Gasteiger partial charge in [-0.05, 0) is 12.1 Å². The number of anilines is 1. The summed E-state index contributed by atoms with van der Waals surface area (Å²) in [7, 11) is 0. The molecule has 5 heteroatoms. The molecule has 1 unspecified atom stereocenters. The van der Waals surface area contributed by atoms with E-state index in [-0.39, 0.29) is 11.9 Å².